The molecular formula is C19H8F6O9. The number of ketones is 1. The molecule has 0 unspecified atom stereocenters. The van der Waals surface area contributed by atoms with Crippen molar-refractivity contribution >= 4 is 29.7 Å². The molecule has 0 bridgehead atoms. The molecule has 180 valence electrons. The Morgan fingerprint density at radius 3 is 1.03 bits per heavy atom. The SMILES string of the molecule is O=C(c1cc(C(=O)O)c(C(=O)O)c(C(F)(F)F)c1)c1cc(C(=O)O)c(C(=O)O)c(C(F)(F)F)c1. The maximum absolute atomic E-state index is 13.4. The highest BCUT2D eigenvalue weighted by Gasteiger charge is 2.41. The van der Waals surface area contributed by atoms with E-state index < -0.39 is 86.5 Å². The lowest BCUT2D eigenvalue weighted by atomic mass is 9.90. The van der Waals surface area contributed by atoms with Gasteiger partial charge in [-0.1, -0.05) is 0 Å². The Kier molecular flexibility index (Phi) is 6.45. The van der Waals surface area contributed by atoms with Crippen LogP contribution in [0.4, 0.5) is 26.3 Å². The van der Waals surface area contributed by atoms with Crippen molar-refractivity contribution in [2.45, 2.75) is 12.4 Å². The zero-order valence-electron chi connectivity index (χ0n) is 15.9. The van der Waals surface area contributed by atoms with E-state index in [4.69, 9.17) is 20.4 Å². The first-order valence-electron chi connectivity index (χ1n) is 8.36. The summed E-state index contributed by atoms with van der Waals surface area (Å²) in [5, 5.41) is 36.3. The van der Waals surface area contributed by atoms with Crippen LogP contribution in [0.3, 0.4) is 0 Å². The van der Waals surface area contributed by atoms with Crippen molar-refractivity contribution in [3.63, 3.8) is 0 Å². The lowest BCUT2D eigenvalue weighted by Gasteiger charge is -2.16. The van der Waals surface area contributed by atoms with E-state index in [2.05, 4.69) is 0 Å². The summed E-state index contributed by atoms with van der Waals surface area (Å²) >= 11 is 0. The zero-order valence-corrected chi connectivity index (χ0v) is 15.9. The third kappa shape index (κ3) is 4.82. The molecule has 0 saturated carbocycles. The topological polar surface area (TPSA) is 166 Å². The fraction of sp³-hybridized carbons (Fsp3) is 0.105. The molecule has 4 N–H and O–H groups in total. The second-order valence-corrected chi connectivity index (χ2v) is 6.44. The number of carbonyl (C=O) groups is 5. The number of rotatable bonds is 6. The molecule has 0 fully saturated rings. The highest BCUT2D eigenvalue weighted by molar-refractivity contribution is 6.14. The second-order valence-electron chi connectivity index (χ2n) is 6.44. The standard InChI is InChI=1S/C19H8F6O9/c20-18(21,22)9-3-5(1-7(14(27)28)11(9)16(31)32)13(26)6-2-8(15(29)30)12(17(33)34)10(4-6)19(23,24)25/h1-4H,(H,27,28)(H,29,30)(H,31,32)(H,33,34). The Morgan fingerprint density at radius 2 is 0.824 bits per heavy atom. The lowest BCUT2D eigenvalue weighted by molar-refractivity contribution is -0.138. The number of hydrogen-bond acceptors (Lipinski definition) is 5. The Labute approximate surface area is 182 Å². The van der Waals surface area contributed by atoms with Crippen LogP contribution in [-0.4, -0.2) is 50.1 Å². The van der Waals surface area contributed by atoms with E-state index >= 15 is 0 Å². The Morgan fingerprint density at radius 1 is 0.529 bits per heavy atom. The van der Waals surface area contributed by atoms with Gasteiger partial charge in [0.05, 0.1) is 33.4 Å². The van der Waals surface area contributed by atoms with Gasteiger partial charge in [-0.3, -0.25) is 4.79 Å². The summed E-state index contributed by atoms with van der Waals surface area (Å²) in [7, 11) is 0. The van der Waals surface area contributed by atoms with Crippen molar-refractivity contribution in [2.75, 3.05) is 0 Å². The summed E-state index contributed by atoms with van der Waals surface area (Å²) in [4.78, 5) is 57.8. The second kappa shape index (κ2) is 8.49. The molecule has 0 saturated heterocycles. The monoisotopic (exact) mass is 494 g/mol. The smallest absolute Gasteiger partial charge is 0.417 e. The van der Waals surface area contributed by atoms with E-state index in [1.807, 2.05) is 0 Å². The molecule has 0 spiro atoms. The van der Waals surface area contributed by atoms with Crippen molar-refractivity contribution in [3.8, 4) is 0 Å². The quantitative estimate of drug-likeness (QED) is 0.346. The van der Waals surface area contributed by atoms with Crippen LogP contribution in [0.25, 0.3) is 0 Å². The normalized spacial score (nSPS) is 11.7. The van der Waals surface area contributed by atoms with Gasteiger partial charge in [0.1, 0.15) is 0 Å². The highest BCUT2D eigenvalue weighted by Crippen LogP contribution is 2.37. The van der Waals surface area contributed by atoms with Crippen molar-refractivity contribution < 1.29 is 70.7 Å². The van der Waals surface area contributed by atoms with Crippen LogP contribution < -0.4 is 0 Å². The van der Waals surface area contributed by atoms with Crippen LogP contribution in [0.5, 0.6) is 0 Å². The lowest BCUT2D eigenvalue weighted by Crippen LogP contribution is -2.21. The van der Waals surface area contributed by atoms with Gasteiger partial charge in [-0.05, 0) is 24.3 Å². The summed E-state index contributed by atoms with van der Waals surface area (Å²) in [6.07, 6.45) is -11.0. The highest BCUT2D eigenvalue weighted by atomic mass is 19.4. The van der Waals surface area contributed by atoms with Gasteiger partial charge >= 0.3 is 36.2 Å². The van der Waals surface area contributed by atoms with Gasteiger partial charge in [0, 0.05) is 11.1 Å². The minimum absolute atomic E-state index is 0.128. The number of carbonyl (C=O) groups excluding carboxylic acids is 1. The van der Waals surface area contributed by atoms with Crippen LogP contribution in [0, 0.1) is 0 Å². The van der Waals surface area contributed by atoms with Gasteiger partial charge in [-0.15, -0.1) is 0 Å². The number of carboxylic acid groups (broad SMARTS) is 4. The summed E-state index contributed by atoms with van der Waals surface area (Å²) in [5.74, 6) is -10.9. The average molecular weight is 494 g/mol. The molecule has 0 aliphatic carbocycles. The van der Waals surface area contributed by atoms with Gasteiger partial charge in [0.25, 0.3) is 0 Å². The summed E-state index contributed by atoms with van der Waals surface area (Å²) in [6.45, 7) is 0. The Bertz CT molecular complexity index is 1160. The van der Waals surface area contributed by atoms with Crippen molar-refractivity contribution in [2.24, 2.45) is 0 Å². The third-order valence-electron chi connectivity index (χ3n) is 4.30. The largest absolute Gasteiger partial charge is 0.478 e. The van der Waals surface area contributed by atoms with Crippen LogP contribution in [0.2, 0.25) is 0 Å². The first kappa shape index (κ1) is 25.8. The van der Waals surface area contributed by atoms with Crippen molar-refractivity contribution in [1.82, 2.24) is 0 Å². The molecule has 0 atom stereocenters. The van der Waals surface area contributed by atoms with Crippen LogP contribution in [0.15, 0.2) is 24.3 Å². The average Bonchev–Trinajstić information content (AvgIpc) is 2.69. The number of halogens is 6. The molecule has 34 heavy (non-hydrogen) atoms. The minimum atomic E-state index is -5.52. The number of hydrogen-bond donors (Lipinski definition) is 4. The van der Waals surface area contributed by atoms with Gasteiger partial charge in [0.15, 0.2) is 5.78 Å². The molecule has 0 amide bonds. The summed E-state index contributed by atoms with van der Waals surface area (Å²) < 4.78 is 80.2. The van der Waals surface area contributed by atoms with Gasteiger partial charge < -0.3 is 20.4 Å². The third-order valence-corrected chi connectivity index (χ3v) is 4.30. The Hall–Kier alpha value is -4.43. The van der Waals surface area contributed by atoms with E-state index in [1.165, 1.54) is 0 Å². The summed E-state index contributed by atoms with van der Waals surface area (Å²) in [5.41, 5.74) is -13.3. The number of carboxylic acids is 4. The fourth-order valence-corrected chi connectivity index (χ4v) is 2.96. The van der Waals surface area contributed by atoms with E-state index in [0.29, 0.717) is 0 Å². The van der Waals surface area contributed by atoms with E-state index in [9.17, 15) is 50.3 Å². The molecule has 2 rings (SSSR count). The maximum atomic E-state index is 13.4. The van der Waals surface area contributed by atoms with Crippen LogP contribution in [-0.2, 0) is 12.4 Å². The molecule has 0 heterocycles. The van der Waals surface area contributed by atoms with Crippen LogP contribution in [0.1, 0.15) is 68.5 Å². The number of alkyl halides is 6. The van der Waals surface area contributed by atoms with Gasteiger partial charge in [-0.25, -0.2) is 19.2 Å². The molecule has 15 heteroatoms. The number of benzene rings is 2. The molecule has 0 radical (unpaired) electrons. The Balaban J connectivity index is 2.94. The molecule has 9 nitrogen and oxygen atoms in total. The predicted octanol–water partition coefficient (Wildman–Crippen LogP) is 3.75. The first-order valence-corrected chi connectivity index (χ1v) is 8.36. The molecule has 0 aliphatic heterocycles. The number of aromatic carboxylic acids is 4. The van der Waals surface area contributed by atoms with E-state index in [-0.39, 0.29) is 24.3 Å². The van der Waals surface area contributed by atoms with E-state index in [1.54, 1.807) is 0 Å². The summed E-state index contributed by atoms with van der Waals surface area (Å²) in [6, 6.07) is 0.0540. The molecule has 0 aliphatic rings. The van der Waals surface area contributed by atoms with Crippen molar-refractivity contribution in [3.05, 3.63) is 68.8 Å². The zero-order chi connectivity index (χ0) is 26.3. The fourth-order valence-electron chi connectivity index (χ4n) is 2.96. The van der Waals surface area contributed by atoms with Crippen LogP contribution >= 0.6 is 0 Å². The molecular weight excluding hydrogens is 486 g/mol. The minimum Gasteiger partial charge on any atom is -0.478 e. The van der Waals surface area contributed by atoms with Gasteiger partial charge in [-0.2, -0.15) is 26.3 Å². The molecule has 2 aromatic rings. The molecule has 2 aromatic carbocycles. The molecule has 0 aromatic heterocycles. The van der Waals surface area contributed by atoms with Crippen molar-refractivity contribution in [1.29, 1.82) is 0 Å². The maximum Gasteiger partial charge on any atom is 0.417 e. The predicted molar refractivity (Wildman–Crippen MR) is 94.2 cm³/mol. The van der Waals surface area contributed by atoms with Gasteiger partial charge in [0.2, 0.25) is 0 Å². The van der Waals surface area contributed by atoms with E-state index in [0.717, 1.165) is 0 Å². The first-order chi connectivity index (χ1) is 15.4.